The second-order valence-corrected chi connectivity index (χ2v) is 6.58. The van der Waals surface area contributed by atoms with E-state index in [-0.39, 0.29) is 11.3 Å². The van der Waals surface area contributed by atoms with Gasteiger partial charge in [0.15, 0.2) is 0 Å². The molecule has 1 fully saturated rings. The molecule has 0 spiro atoms. The van der Waals surface area contributed by atoms with Crippen LogP contribution in [0.25, 0.3) is 0 Å². The van der Waals surface area contributed by atoms with E-state index >= 15 is 0 Å². The van der Waals surface area contributed by atoms with Crippen LogP contribution in [0, 0.1) is 0 Å². The molecule has 0 radical (unpaired) electrons. The maximum atomic E-state index is 12.2. The molecule has 1 aromatic rings. The molecule has 1 aliphatic heterocycles. The van der Waals surface area contributed by atoms with E-state index in [1.807, 2.05) is 37.2 Å². The molecule has 122 valence electrons. The molecule has 1 saturated heterocycles. The second kappa shape index (κ2) is 7.74. The van der Waals surface area contributed by atoms with Crippen LogP contribution in [0.3, 0.4) is 0 Å². The summed E-state index contributed by atoms with van der Waals surface area (Å²) in [4.78, 5) is 16.3. The molecular formula is C16H24N2O3S. The lowest BCUT2D eigenvalue weighted by molar-refractivity contribution is -0.128. The minimum absolute atomic E-state index is 0.0236. The molecule has 0 bridgehead atoms. The average Bonchev–Trinajstić information content (AvgIpc) is 2.87. The number of methoxy groups -OCH3 is 2. The summed E-state index contributed by atoms with van der Waals surface area (Å²) >= 11 is 1.66. The monoisotopic (exact) mass is 324 g/mol. The van der Waals surface area contributed by atoms with E-state index in [4.69, 9.17) is 9.47 Å². The van der Waals surface area contributed by atoms with Crippen molar-refractivity contribution in [3.8, 4) is 11.5 Å². The lowest BCUT2D eigenvalue weighted by Crippen LogP contribution is -2.31. The number of thioether (sulfide) groups is 1. The molecule has 5 nitrogen and oxygen atoms in total. The normalized spacial score (nSPS) is 18.1. The van der Waals surface area contributed by atoms with Gasteiger partial charge in [0, 0.05) is 18.2 Å². The molecule has 0 aromatic heterocycles. The Kier molecular flexibility index (Phi) is 5.97. The summed E-state index contributed by atoms with van der Waals surface area (Å²) in [6.45, 7) is 1.74. The molecule has 0 saturated carbocycles. The molecule has 1 heterocycles. The predicted octanol–water partition coefficient (Wildman–Crippen LogP) is 2.23. The molecule has 0 N–H and O–H groups in total. The van der Waals surface area contributed by atoms with Gasteiger partial charge in [0.2, 0.25) is 5.91 Å². The lowest BCUT2D eigenvalue weighted by Gasteiger charge is -2.26. The van der Waals surface area contributed by atoms with E-state index in [2.05, 4.69) is 4.90 Å². The van der Waals surface area contributed by atoms with E-state index < -0.39 is 0 Å². The number of benzene rings is 1. The molecule has 6 heteroatoms. The highest BCUT2D eigenvalue weighted by molar-refractivity contribution is 8.00. The summed E-state index contributed by atoms with van der Waals surface area (Å²) < 4.78 is 10.7. The third kappa shape index (κ3) is 3.87. The van der Waals surface area contributed by atoms with Crippen molar-refractivity contribution in [2.45, 2.75) is 11.8 Å². The topological polar surface area (TPSA) is 42.0 Å². The molecule has 0 aliphatic carbocycles. The quantitative estimate of drug-likeness (QED) is 0.769. The van der Waals surface area contributed by atoms with Gasteiger partial charge in [-0.15, -0.1) is 11.8 Å². The van der Waals surface area contributed by atoms with Crippen molar-refractivity contribution in [2.75, 3.05) is 47.2 Å². The molecule has 1 aliphatic rings. The van der Waals surface area contributed by atoms with Crippen LogP contribution in [-0.4, -0.2) is 62.9 Å². The zero-order valence-electron chi connectivity index (χ0n) is 13.7. The summed E-state index contributed by atoms with van der Waals surface area (Å²) in [6, 6.07) is 5.78. The second-order valence-electron chi connectivity index (χ2n) is 5.52. The SMILES string of the molecule is COc1ccc(C2SCC(=O)N2CCCN(C)C)c(OC)c1. The first-order valence-electron chi connectivity index (χ1n) is 7.34. The van der Waals surface area contributed by atoms with Gasteiger partial charge in [-0.25, -0.2) is 0 Å². The Morgan fingerprint density at radius 2 is 2.09 bits per heavy atom. The Hall–Kier alpha value is -1.40. The van der Waals surface area contributed by atoms with Crippen LogP contribution < -0.4 is 9.47 Å². The first-order chi connectivity index (χ1) is 10.6. The number of hydrogen-bond acceptors (Lipinski definition) is 5. The van der Waals surface area contributed by atoms with Crippen molar-refractivity contribution >= 4 is 17.7 Å². The Bertz CT molecular complexity index is 522. The number of hydrogen-bond donors (Lipinski definition) is 0. The van der Waals surface area contributed by atoms with Crippen molar-refractivity contribution in [3.63, 3.8) is 0 Å². The Morgan fingerprint density at radius 3 is 2.73 bits per heavy atom. The molecule has 1 unspecified atom stereocenters. The summed E-state index contributed by atoms with van der Waals surface area (Å²) in [6.07, 6.45) is 0.967. The Balaban J connectivity index is 2.17. The van der Waals surface area contributed by atoms with Crippen LogP contribution in [-0.2, 0) is 4.79 Å². The molecule has 22 heavy (non-hydrogen) atoms. The number of amides is 1. The Labute approximate surface area is 136 Å². The molecular weight excluding hydrogens is 300 g/mol. The van der Waals surface area contributed by atoms with Crippen LogP contribution in [0.5, 0.6) is 11.5 Å². The van der Waals surface area contributed by atoms with E-state index in [0.717, 1.165) is 36.6 Å². The number of nitrogens with zero attached hydrogens (tertiary/aromatic N) is 2. The van der Waals surface area contributed by atoms with Crippen LogP contribution in [0.15, 0.2) is 18.2 Å². The maximum Gasteiger partial charge on any atom is 0.233 e. The summed E-state index contributed by atoms with van der Waals surface area (Å²) in [7, 11) is 7.38. The fourth-order valence-electron chi connectivity index (χ4n) is 2.53. The van der Waals surface area contributed by atoms with Crippen LogP contribution in [0.1, 0.15) is 17.4 Å². The third-order valence-corrected chi connectivity index (χ3v) is 4.92. The van der Waals surface area contributed by atoms with E-state index in [1.54, 1.807) is 26.0 Å². The van der Waals surface area contributed by atoms with Crippen molar-refractivity contribution in [1.29, 1.82) is 0 Å². The van der Waals surface area contributed by atoms with Gasteiger partial charge in [-0.05, 0) is 39.2 Å². The van der Waals surface area contributed by atoms with E-state index in [9.17, 15) is 4.79 Å². The van der Waals surface area contributed by atoms with Gasteiger partial charge in [0.25, 0.3) is 0 Å². The van der Waals surface area contributed by atoms with Gasteiger partial charge in [0.1, 0.15) is 16.9 Å². The first-order valence-corrected chi connectivity index (χ1v) is 8.39. The number of ether oxygens (including phenoxy) is 2. The predicted molar refractivity (Wildman–Crippen MR) is 89.6 cm³/mol. The van der Waals surface area contributed by atoms with Gasteiger partial charge in [-0.1, -0.05) is 0 Å². The number of carbonyl (C=O) groups is 1. The van der Waals surface area contributed by atoms with Gasteiger partial charge >= 0.3 is 0 Å². The molecule has 2 rings (SSSR count). The van der Waals surface area contributed by atoms with Crippen molar-refractivity contribution in [1.82, 2.24) is 9.80 Å². The standard InChI is InChI=1S/C16H24N2O3S/c1-17(2)8-5-9-18-15(19)11-22-16(18)13-7-6-12(20-3)10-14(13)21-4/h6-7,10,16H,5,8-9,11H2,1-4H3. The number of rotatable bonds is 7. The fourth-order valence-corrected chi connectivity index (χ4v) is 3.78. The highest BCUT2D eigenvalue weighted by Crippen LogP contribution is 2.43. The maximum absolute atomic E-state index is 12.2. The molecule has 1 amide bonds. The largest absolute Gasteiger partial charge is 0.497 e. The average molecular weight is 324 g/mol. The smallest absolute Gasteiger partial charge is 0.233 e. The summed E-state index contributed by atoms with van der Waals surface area (Å²) in [5.41, 5.74) is 1.03. The van der Waals surface area contributed by atoms with Crippen LogP contribution in [0.4, 0.5) is 0 Å². The van der Waals surface area contributed by atoms with E-state index in [1.165, 1.54) is 0 Å². The first kappa shape index (κ1) is 17.0. The van der Waals surface area contributed by atoms with Crippen LogP contribution >= 0.6 is 11.8 Å². The summed E-state index contributed by atoms with van der Waals surface area (Å²) in [5.74, 6) is 2.26. The third-order valence-electron chi connectivity index (χ3n) is 3.68. The zero-order chi connectivity index (χ0) is 16.1. The van der Waals surface area contributed by atoms with Gasteiger partial charge in [-0.2, -0.15) is 0 Å². The van der Waals surface area contributed by atoms with Crippen LogP contribution in [0.2, 0.25) is 0 Å². The zero-order valence-corrected chi connectivity index (χ0v) is 14.5. The Morgan fingerprint density at radius 1 is 1.32 bits per heavy atom. The van der Waals surface area contributed by atoms with Crippen molar-refractivity contribution in [3.05, 3.63) is 23.8 Å². The van der Waals surface area contributed by atoms with Gasteiger partial charge in [0.05, 0.1) is 20.0 Å². The molecule has 1 atom stereocenters. The lowest BCUT2D eigenvalue weighted by atomic mass is 10.1. The minimum Gasteiger partial charge on any atom is -0.497 e. The number of carbonyl (C=O) groups excluding carboxylic acids is 1. The van der Waals surface area contributed by atoms with Gasteiger partial charge in [-0.3, -0.25) is 4.79 Å². The fraction of sp³-hybridized carbons (Fsp3) is 0.562. The van der Waals surface area contributed by atoms with Crippen molar-refractivity contribution in [2.24, 2.45) is 0 Å². The minimum atomic E-state index is 0.0236. The summed E-state index contributed by atoms with van der Waals surface area (Å²) in [5, 5.41) is 0.0236. The van der Waals surface area contributed by atoms with Gasteiger partial charge < -0.3 is 19.3 Å². The highest BCUT2D eigenvalue weighted by atomic mass is 32.2. The highest BCUT2D eigenvalue weighted by Gasteiger charge is 2.34. The van der Waals surface area contributed by atoms with E-state index in [0.29, 0.717) is 5.75 Å². The molecule has 1 aromatic carbocycles. The van der Waals surface area contributed by atoms with Crippen molar-refractivity contribution < 1.29 is 14.3 Å².